The summed E-state index contributed by atoms with van der Waals surface area (Å²) in [6, 6.07) is 12.6. The molecule has 3 aromatic rings. The number of rotatable bonds is 1. The van der Waals surface area contributed by atoms with Crippen molar-refractivity contribution in [3.8, 4) is 11.3 Å². The Morgan fingerprint density at radius 3 is 2.53 bits per heavy atom. The first-order chi connectivity index (χ1) is 9.06. The van der Waals surface area contributed by atoms with Gasteiger partial charge in [-0.3, -0.25) is 0 Å². The van der Waals surface area contributed by atoms with E-state index in [1.807, 2.05) is 12.1 Å². The van der Waals surface area contributed by atoms with Crippen LogP contribution in [0.4, 0.5) is 5.69 Å². The number of fused-ring (bicyclic) bond motifs is 1. The van der Waals surface area contributed by atoms with Gasteiger partial charge in [0.25, 0.3) is 0 Å². The Kier molecular flexibility index (Phi) is 2.59. The molecule has 0 fully saturated rings. The van der Waals surface area contributed by atoms with E-state index in [0.29, 0.717) is 0 Å². The number of hydrogen-bond donors (Lipinski definition) is 2. The van der Waals surface area contributed by atoms with E-state index in [1.54, 1.807) is 0 Å². The zero-order valence-corrected chi connectivity index (χ0v) is 11.5. The third-order valence-electron chi connectivity index (χ3n) is 3.74. The van der Waals surface area contributed by atoms with Crippen LogP contribution in [0.1, 0.15) is 16.7 Å². The van der Waals surface area contributed by atoms with Crippen LogP contribution >= 0.6 is 0 Å². The fraction of sp³-hybridized carbons (Fsp3) is 0.176. The molecule has 2 aromatic carbocycles. The van der Waals surface area contributed by atoms with Crippen LogP contribution in [-0.4, -0.2) is 4.98 Å². The van der Waals surface area contributed by atoms with E-state index >= 15 is 0 Å². The minimum absolute atomic E-state index is 0.801. The number of hydrogen-bond acceptors (Lipinski definition) is 1. The highest BCUT2D eigenvalue weighted by Crippen LogP contribution is 2.32. The number of nitrogen functional groups attached to an aromatic ring is 1. The highest BCUT2D eigenvalue weighted by Gasteiger charge is 2.11. The van der Waals surface area contributed by atoms with Crippen molar-refractivity contribution in [3.05, 3.63) is 53.1 Å². The summed E-state index contributed by atoms with van der Waals surface area (Å²) in [5.74, 6) is 0. The quantitative estimate of drug-likeness (QED) is 0.620. The maximum Gasteiger partial charge on any atom is 0.0497 e. The van der Waals surface area contributed by atoms with Gasteiger partial charge in [0.2, 0.25) is 0 Å². The molecule has 0 amide bonds. The van der Waals surface area contributed by atoms with Crippen LogP contribution in [0.15, 0.2) is 36.4 Å². The number of aromatic amines is 1. The van der Waals surface area contributed by atoms with Gasteiger partial charge in [-0.15, -0.1) is 0 Å². The van der Waals surface area contributed by atoms with Crippen molar-refractivity contribution >= 4 is 16.6 Å². The maximum absolute atomic E-state index is 5.92. The molecule has 2 nitrogen and oxygen atoms in total. The smallest absolute Gasteiger partial charge is 0.0497 e. The summed E-state index contributed by atoms with van der Waals surface area (Å²) in [6.07, 6.45) is 0. The highest BCUT2D eigenvalue weighted by molar-refractivity contribution is 5.91. The second-order valence-electron chi connectivity index (χ2n) is 5.25. The molecule has 0 saturated carbocycles. The molecule has 0 spiro atoms. The van der Waals surface area contributed by atoms with Crippen LogP contribution in [0.25, 0.3) is 22.2 Å². The first kappa shape index (κ1) is 11.8. The van der Waals surface area contributed by atoms with Gasteiger partial charge in [-0.1, -0.05) is 18.2 Å². The normalized spacial score (nSPS) is 11.1. The summed E-state index contributed by atoms with van der Waals surface area (Å²) in [5, 5.41) is 1.28. The monoisotopic (exact) mass is 250 g/mol. The summed E-state index contributed by atoms with van der Waals surface area (Å²) >= 11 is 0. The second kappa shape index (κ2) is 4.16. The van der Waals surface area contributed by atoms with E-state index in [-0.39, 0.29) is 0 Å². The van der Waals surface area contributed by atoms with Crippen LogP contribution in [-0.2, 0) is 0 Å². The Morgan fingerprint density at radius 2 is 1.74 bits per heavy atom. The minimum Gasteiger partial charge on any atom is -0.399 e. The highest BCUT2D eigenvalue weighted by atomic mass is 14.7. The number of anilines is 1. The van der Waals surface area contributed by atoms with Gasteiger partial charge in [0, 0.05) is 27.8 Å². The molecule has 1 heterocycles. The largest absolute Gasteiger partial charge is 0.399 e. The van der Waals surface area contributed by atoms with Crippen molar-refractivity contribution in [2.45, 2.75) is 20.8 Å². The third kappa shape index (κ3) is 1.89. The lowest BCUT2D eigenvalue weighted by atomic mass is 10.0. The zero-order valence-electron chi connectivity index (χ0n) is 11.5. The fourth-order valence-electron chi connectivity index (χ4n) is 2.63. The predicted octanol–water partition coefficient (Wildman–Crippen LogP) is 4.34. The van der Waals surface area contributed by atoms with Crippen LogP contribution in [0.3, 0.4) is 0 Å². The molecule has 2 heteroatoms. The number of nitrogens with two attached hydrogens (primary N) is 1. The van der Waals surface area contributed by atoms with Crippen LogP contribution in [0.5, 0.6) is 0 Å². The molecule has 19 heavy (non-hydrogen) atoms. The van der Waals surface area contributed by atoms with Gasteiger partial charge in [0.15, 0.2) is 0 Å². The average Bonchev–Trinajstić information content (AvgIpc) is 2.69. The van der Waals surface area contributed by atoms with Gasteiger partial charge in [-0.05, 0) is 55.7 Å². The number of nitrogens with one attached hydrogen (secondary N) is 1. The van der Waals surface area contributed by atoms with E-state index in [4.69, 9.17) is 5.73 Å². The lowest BCUT2D eigenvalue weighted by Gasteiger charge is -2.06. The Bertz CT molecular complexity index is 766. The molecule has 0 atom stereocenters. The fourth-order valence-corrected chi connectivity index (χ4v) is 2.63. The number of H-pyrrole nitrogens is 1. The molecule has 0 aliphatic rings. The first-order valence-electron chi connectivity index (χ1n) is 6.51. The molecule has 1 aromatic heterocycles. The molecular formula is C17H18N2. The average molecular weight is 250 g/mol. The van der Waals surface area contributed by atoms with E-state index in [2.05, 4.69) is 50.0 Å². The number of aryl methyl sites for hydroxylation is 3. The van der Waals surface area contributed by atoms with Crippen molar-refractivity contribution in [2.24, 2.45) is 0 Å². The molecule has 3 rings (SSSR count). The Labute approximate surface area is 113 Å². The van der Waals surface area contributed by atoms with Gasteiger partial charge >= 0.3 is 0 Å². The van der Waals surface area contributed by atoms with E-state index in [9.17, 15) is 0 Å². The Morgan fingerprint density at radius 1 is 0.947 bits per heavy atom. The van der Waals surface area contributed by atoms with Gasteiger partial charge in [-0.25, -0.2) is 0 Å². The van der Waals surface area contributed by atoms with Crippen LogP contribution < -0.4 is 5.73 Å². The molecule has 96 valence electrons. The third-order valence-corrected chi connectivity index (χ3v) is 3.74. The zero-order chi connectivity index (χ0) is 13.6. The minimum atomic E-state index is 0.801. The van der Waals surface area contributed by atoms with Crippen LogP contribution in [0.2, 0.25) is 0 Å². The Balaban J connectivity index is 2.30. The molecule has 3 N–H and O–H groups in total. The predicted molar refractivity (Wildman–Crippen MR) is 82.4 cm³/mol. The van der Waals surface area contributed by atoms with E-state index in [0.717, 1.165) is 5.69 Å². The maximum atomic E-state index is 5.92. The van der Waals surface area contributed by atoms with Crippen molar-refractivity contribution in [3.63, 3.8) is 0 Å². The molecular weight excluding hydrogens is 232 g/mol. The summed E-state index contributed by atoms with van der Waals surface area (Å²) in [5.41, 5.74) is 14.1. The van der Waals surface area contributed by atoms with Gasteiger partial charge in [0.1, 0.15) is 0 Å². The molecule has 0 bridgehead atoms. The number of aromatic nitrogens is 1. The van der Waals surface area contributed by atoms with Crippen LogP contribution in [0, 0.1) is 20.8 Å². The molecule has 0 aliphatic heterocycles. The lowest BCUT2D eigenvalue weighted by molar-refractivity contribution is 1.36. The van der Waals surface area contributed by atoms with Crippen molar-refractivity contribution < 1.29 is 0 Å². The summed E-state index contributed by atoms with van der Waals surface area (Å²) < 4.78 is 0. The van der Waals surface area contributed by atoms with E-state index < -0.39 is 0 Å². The molecule has 0 unspecified atom stereocenters. The summed E-state index contributed by atoms with van der Waals surface area (Å²) in [7, 11) is 0. The van der Waals surface area contributed by atoms with E-state index in [1.165, 1.54) is 38.9 Å². The summed E-state index contributed by atoms with van der Waals surface area (Å²) in [4.78, 5) is 3.53. The van der Waals surface area contributed by atoms with Crippen molar-refractivity contribution in [1.82, 2.24) is 4.98 Å². The van der Waals surface area contributed by atoms with Gasteiger partial charge < -0.3 is 10.7 Å². The first-order valence-corrected chi connectivity index (χ1v) is 6.51. The topological polar surface area (TPSA) is 41.8 Å². The second-order valence-corrected chi connectivity index (χ2v) is 5.25. The van der Waals surface area contributed by atoms with Gasteiger partial charge in [-0.2, -0.15) is 0 Å². The Hall–Kier alpha value is -2.22. The molecule has 0 saturated heterocycles. The number of benzene rings is 2. The molecule has 0 aliphatic carbocycles. The van der Waals surface area contributed by atoms with Crippen molar-refractivity contribution in [1.29, 1.82) is 0 Å². The lowest BCUT2D eigenvalue weighted by Crippen LogP contribution is -1.90. The molecule has 0 radical (unpaired) electrons. The SMILES string of the molecule is Cc1ccc2c(C)c(-c3cc(N)ccc3C)[nH]c2c1. The van der Waals surface area contributed by atoms with Gasteiger partial charge in [0.05, 0.1) is 0 Å². The van der Waals surface area contributed by atoms with Crippen molar-refractivity contribution in [2.75, 3.05) is 5.73 Å². The standard InChI is InChI=1S/C17H18N2/c1-10-4-7-14-12(3)17(19-16(14)8-10)15-9-13(18)6-5-11(15)2/h4-9,19H,18H2,1-3H3. The summed E-state index contributed by atoms with van der Waals surface area (Å²) in [6.45, 7) is 6.39.